The van der Waals surface area contributed by atoms with Crippen LogP contribution in [-0.2, 0) is 12.8 Å². The van der Waals surface area contributed by atoms with Gasteiger partial charge in [-0.2, -0.15) is 0 Å². The van der Waals surface area contributed by atoms with Crippen molar-refractivity contribution in [1.29, 1.82) is 0 Å². The van der Waals surface area contributed by atoms with E-state index in [1.807, 2.05) is 12.1 Å². The SMILES string of the molecule is COc1cccc(Cc2cn3c(n2)CCCC3C)c1. The molecule has 0 aliphatic carbocycles. The first-order valence-corrected chi connectivity index (χ1v) is 6.96. The van der Waals surface area contributed by atoms with E-state index in [0.717, 1.165) is 24.3 Å². The van der Waals surface area contributed by atoms with E-state index < -0.39 is 0 Å². The van der Waals surface area contributed by atoms with Gasteiger partial charge in [-0.05, 0) is 37.5 Å². The van der Waals surface area contributed by atoms with Crippen molar-refractivity contribution in [3.05, 3.63) is 47.5 Å². The smallest absolute Gasteiger partial charge is 0.119 e. The Morgan fingerprint density at radius 1 is 1.42 bits per heavy atom. The van der Waals surface area contributed by atoms with Crippen molar-refractivity contribution in [2.75, 3.05) is 7.11 Å². The minimum Gasteiger partial charge on any atom is -0.497 e. The van der Waals surface area contributed by atoms with Gasteiger partial charge in [0.2, 0.25) is 0 Å². The van der Waals surface area contributed by atoms with E-state index in [9.17, 15) is 0 Å². The van der Waals surface area contributed by atoms with Gasteiger partial charge in [0.15, 0.2) is 0 Å². The van der Waals surface area contributed by atoms with Crippen LogP contribution in [0.4, 0.5) is 0 Å². The Bertz CT molecular complexity index is 574. The van der Waals surface area contributed by atoms with E-state index in [-0.39, 0.29) is 0 Å². The molecule has 19 heavy (non-hydrogen) atoms. The minimum atomic E-state index is 0.593. The Labute approximate surface area is 114 Å². The van der Waals surface area contributed by atoms with E-state index in [0.29, 0.717) is 6.04 Å². The highest BCUT2D eigenvalue weighted by Gasteiger charge is 2.17. The second-order valence-corrected chi connectivity index (χ2v) is 5.33. The van der Waals surface area contributed by atoms with Crippen molar-refractivity contribution in [2.45, 2.75) is 38.6 Å². The van der Waals surface area contributed by atoms with Crippen molar-refractivity contribution < 1.29 is 4.74 Å². The minimum absolute atomic E-state index is 0.593. The van der Waals surface area contributed by atoms with Crippen molar-refractivity contribution >= 4 is 0 Å². The maximum absolute atomic E-state index is 5.27. The first kappa shape index (κ1) is 12.3. The van der Waals surface area contributed by atoms with Crippen LogP contribution in [0.2, 0.25) is 0 Å². The molecule has 2 aromatic rings. The molecule has 3 heteroatoms. The third-order valence-corrected chi connectivity index (χ3v) is 3.88. The van der Waals surface area contributed by atoms with Crippen LogP contribution in [0, 0.1) is 0 Å². The Morgan fingerprint density at radius 3 is 3.11 bits per heavy atom. The molecule has 0 saturated carbocycles. The number of methoxy groups -OCH3 is 1. The van der Waals surface area contributed by atoms with Gasteiger partial charge in [-0.3, -0.25) is 0 Å². The molecular formula is C16H20N2O. The van der Waals surface area contributed by atoms with E-state index in [1.54, 1.807) is 7.11 Å². The lowest BCUT2D eigenvalue weighted by Gasteiger charge is -2.20. The van der Waals surface area contributed by atoms with Crippen LogP contribution in [0.3, 0.4) is 0 Å². The Morgan fingerprint density at radius 2 is 2.32 bits per heavy atom. The number of rotatable bonds is 3. The highest BCUT2D eigenvalue weighted by atomic mass is 16.5. The highest BCUT2D eigenvalue weighted by molar-refractivity contribution is 5.31. The summed E-state index contributed by atoms with van der Waals surface area (Å²) in [6, 6.07) is 8.82. The van der Waals surface area contributed by atoms with Gasteiger partial charge in [0, 0.05) is 25.1 Å². The summed E-state index contributed by atoms with van der Waals surface area (Å²) in [5.74, 6) is 2.16. The third kappa shape index (κ3) is 2.50. The first-order valence-electron chi connectivity index (χ1n) is 6.96. The summed E-state index contributed by atoms with van der Waals surface area (Å²) in [6.45, 7) is 2.28. The van der Waals surface area contributed by atoms with E-state index in [1.165, 1.54) is 24.2 Å². The molecule has 1 aliphatic heterocycles. The zero-order chi connectivity index (χ0) is 13.2. The largest absolute Gasteiger partial charge is 0.497 e. The van der Waals surface area contributed by atoms with Gasteiger partial charge in [-0.15, -0.1) is 0 Å². The average molecular weight is 256 g/mol. The van der Waals surface area contributed by atoms with Crippen LogP contribution in [0.25, 0.3) is 0 Å². The van der Waals surface area contributed by atoms with Crippen LogP contribution in [0.1, 0.15) is 42.9 Å². The van der Waals surface area contributed by atoms with Gasteiger partial charge in [0.05, 0.1) is 12.8 Å². The maximum Gasteiger partial charge on any atom is 0.119 e. The molecule has 1 aromatic heterocycles. The number of aryl methyl sites for hydroxylation is 1. The van der Waals surface area contributed by atoms with E-state index in [2.05, 4.69) is 29.8 Å². The monoisotopic (exact) mass is 256 g/mol. The van der Waals surface area contributed by atoms with Gasteiger partial charge in [0.25, 0.3) is 0 Å². The van der Waals surface area contributed by atoms with Gasteiger partial charge in [0.1, 0.15) is 11.6 Å². The molecule has 0 saturated heterocycles. The fourth-order valence-electron chi connectivity index (χ4n) is 2.83. The number of nitrogens with zero attached hydrogens (tertiary/aromatic N) is 2. The number of ether oxygens (including phenoxy) is 1. The predicted octanol–water partition coefficient (Wildman–Crippen LogP) is 3.38. The van der Waals surface area contributed by atoms with Crippen molar-refractivity contribution in [3.63, 3.8) is 0 Å². The molecule has 0 amide bonds. The summed E-state index contributed by atoms with van der Waals surface area (Å²) in [5, 5.41) is 0. The number of hydrogen-bond acceptors (Lipinski definition) is 2. The molecule has 1 atom stereocenters. The van der Waals surface area contributed by atoms with Gasteiger partial charge in [-0.1, -0.05) is 12.1 Å². The molecule has 0 N–H and O–H groups in total. The molecule has 0 radical (unpaired) electrons. The zero-order valence-corrected chi connectivity index (χ0v) is 11.6. The number of fused-ring (bicyclic) bond motifs is 1. The molecule has 2 heterocycles. The molecule has 3 rings (SSSR count). The molecule has 1 aromatic carbocycles. The van der Waals surface area contributed by atoms with Crippen molar-refractivity contribution in [2.24, 2.45) is 0 Å². The average Bonchev–Trinajstić information content (AvgIpc) is 2.83. The number of hydrogen-bond donors (Lipinski definition) is 0. The summed E-state index contributed by atoms with van der Waals surface area (Å²) < 4.78 is 7.61. The van der Waals surface area contributed by atoms with Crippen LogP contribution in [-0.4, -0.2) is 16.7 Å². The molecule has 1 aliphatic rings. The van der Waals surface area contributed by atoms with Crippen LogP contribution in [0.5, 0.6) is 5.75 Å². The summed E-state index contributed by atoms with van der Waals surface area (Å²) >= 11 is 0. The number of imidazole rings is 1. The quantitative estimate of drug-likeness (QED) is 0.841. The normalized spacial score (nSPS) is 18.1. The van der Waals surface area contributed by atoms with E-state index in [4.69, 9.17) is 9.72 Å². The van der Waals surface area contributed by atoms with Gasteiger partial charge in [-0.25, -0.2) is 4.98 Å². The van der Waals surface area contributed by atoms with Crippen LogP contribution >= 0.6 is 0 Å². The van der Waals surface area contributed by atoms with Crippen LogP contribution < -0.4 is 4.74 Å². The highest BCUT2D eigenvalue weighted by Crippen LogP contribution is 2.25. The topological polar surface area (TPSA) is 27.1 Å². The Hall–Kier alpha value is -1.77. The summed E-state index contributed by atoms with van der Waals surface area (Å²) in [5.41, 5.74) is 2.42. The molecular weight excluding hydrogens is 236 g/mol. The number of benzene rings is 1. The zero-order valence-electron chi connectivity index (χ0n) is 11.6. The lowest BCUT2D eigenvalue weighted by Crippen LogP contribution is -2.14. The molecule has 0 spiro atoms. The fraction of sp³-hybridized carbons (Fsp3) is 0.438. The van der Waals surface area contributed by atoms with Crippen molar-refractivity contribution in [3.8, 4) is 5.75 Å². The van der Waals surface area contributed by atoms with Crippen LogP contribution in [0.15, 0.2) is 30.5 Å². The third-order valence-electron chi connectivity index (χ3n) is 3.88. The molecule has 1 unspecified atom stereocenters. The maximum atomic E-state index is 5.27. The van der Waals surface area contributed by atoms with Gasteiger partial charge >= 0.3 is 0 Å². The molecule has 3 nitrogen and oxygen atoms in total. The molecule has 100 valence electrons. The number of aromatic nitrogens is 2. The summed E-state index contributed by atoms with van der Waals surface area (Å²) in [6.07, 6.45) is 6.74. The second kappa shape index (κ2) is 5.08. The van der Waals surface area contributed by atoms with E-state index >= 15 is 0 Å². The second-order valence-electron chi connectivity index (χ2n) is 5.33. The predicted molar refractivity (Wildman–Crippen MR) is 75.7 cm³/mol. The van der Waals surface area contributed by atoms with Gasteiger partial charge < -0.3 is 9.30 Å². The molecule has 0 fully saturated rings. The summed E-state index contributed by atoms with van der Waals surface area (Å²) in [4.78, 5) is 4.77. The summed E-state index contributed by atoms with van der Waals surface area (Å²) in [7, 11) is 1.70. The lowest BCUT2D eigenvalue weighted by molar-refractivity contribution is 0.414. The Balaban J connectivity index is 1.83. The Kier molecular flexibility index (Phi) is 3.28. The fourth-order valence-corrected chi connectivity index (χ4v) is 2.83. The molecule has 0 bridgehead atoms. The lowest BCUT2D eigenvalue weighted by atomic mass is 10.1. The first-order chi connectivity index (χ1) is 9.26. The standard InChI is InChI=1S/C16H20N2O/c1-12-5-3-8-16-17-14(11-18(12)16)9-13-6-4-7-15(10-13)19-2/h4,6-7,10-12H,3,5,8-9H2,1-2H3. The van der Waals surface area contributed by atoms with Crippen molar-refractivity contribution in [1.82, 2.24) is 9.55 Å².